The van der Waals surface area contributed by atoms with E-state index < -0.39 is 5.60 Å². The zero-order valence-electron chi connectivity index (χ0n) is 8.99. The normalized spacial score (nSPS) is 25.7. The van der Waals surface area contributed by atoms with Gasteiger partial charge in [-0.15, -0.1) is 12.4 Å². The second-order valence-electron chi connectivity index (χ2n) is 4.18. The van der Waals surface area contributed by atoms with Crippen LogP contribution in [0.4, 0.5) is 0 Å². The van der Waals surface area contributed by atoms with Crippen LogP contribution in [0.15, 0.2) is 24.3 Å². The molecule has 1 aliphatic rings. The Kier molecular flexibility index (Phi) is 4.14. The Hall–Kier alpha value is -0.570. The van der Waals surface area contributed by atoms with Crippen molar-refractivity contribution >= 4 is 12.4 Å². The SMILES string of the molecule is Cc1cccc(C2(O)CCCNC2)c1.Cl. The third-order valence-corrected chi connectivity index (χ3v) is 2.92. The van der Waals surface area contributed by atoms with Crippen molar-refractivity contribution in [1.82, 2.24) is 5.32 Å². The molecule has 0 amide bonds. The second kappa shape index (κ2) is 4.97. The molecule has 2 nitrogen and oxygen atoms in total. The molecule has 1 unspecified atom stereocenters. The number of aryl methyl sites for hydroxylation is 1. The first-order valence-corrected chi connectivity index (χ1v) is 5.21. The summed E-state index contributed by atoms with van der Waals surface area (Å²) < 4.78 is 0. The lowest BCUT2D eigenvalue weighted by atomic mass is 9.86. The van der Waals surface area contributed by atoms with Gasteiger partial charge in [0.05, 0.1) is 0 Å². The van der Waals surface area contributed by atoms with E-state index in [2.05, 4.69) is 24.4 Å². The van der Waals surface area contributed by atoms with Crippen LogP contribution in [0.3, 0.4) is 0 Å². The van der Waals surface area contributed by atoms with Gasteiger partial charge in [0.1, 0.15) is 5.60 Å². The Morgan fingerprint density at radius 3 is 2.80 bits per heavy atom. The summed E-state index contributed by atoms with van der Waals surface area (Å²) in [7, 11) is 0. The maximum absolute atomic E-state index is 10.4. The smallest absolute Gasteiger partial charge is 0.102 e. The summed E-state index contributed by atoms with van der Waals surface area (Å²) in [6, 6.07) is 8.16. The van der Waals surface area contributed by atoms with Crippen molar-refractivity contribution in [3.05, 3.63) is 35.4 Å². The molecule has 15 heavy (non-hydrogen) atoms. The molecule has 1 heterocycles. The fraction of sp³-hybridized carbons (Fsp3) is 0.500. The van der Waals surface area contributed by atoms with Crippen LogP contribution in [-0.4, -0.2) is 18.2 Å². The number of benzene rings is 1. The van der Waals surface area contributed by atoms with Crippen molar-refractivity contribution in [1.29, 1.82) is 0 Å². The molecule has 1 fully saturated rings. The molecule has 0 radical (unpaired) electrons. The van der Waals surface area contributed by atoms with Crippen LogP contribution >= 0.6 is 12.4 Å². The lowest BCUT2D eigenvalue weighted by Gasteiger charge is -2.33. The lowest BCUT2D eigenvalue weighted by molar-refractivity contribution is 0.0122. The van der Waals surface area contributed by atoms with E-state index in [1.165, 1.54) is 5.56 Å². The summed E-state index contributed by atoms with van der Waals surface area (Å²) in [5, 5.41) is 13.6. The number of rotatable bonds is 1. The minimum Gasteiger partial charge on any atom is -0.384 e. The molecule has 1 aromatic rings. The number of halogens is 1. The van der Waals surface area contributed by atoms with E-state index in [1.807, 2.05) is 12.1 Å². The Balaban J connectivity index is 0.00000112. The van der Waals surface area contributed by atoms with E-state index >= 15 is 0 Å². The summed E-state index contributed by atoms with van der Waals surface area (Å²) in [6.07, 6.45) is 1.91. The molecular formula is C12H18ClNO. The fourth-order valence-electron chi connectivity index (χ4n) is 2.07. The Labute approximate surface area is 97.1 Å². The average Bonchev–Trinajstić information content (AvgIpc) is 2.19. The van der Waals surface area contributed by atoms with Crippen LogP contribution in [0.25, 0.3) is 0 Å². The van der Waals surface area contributed by atoms with Gasteiger partial charge in [-0.25, -0.2) is 0 Å². The summed E-state index contributed by atoms with van der Waals surface area (Å²) in [5.74, 6) is 0. The Morgan fingerprint density at radius 1 is 1.40 bits per heavy atom. The number of β-amino-alcohol motifs (C(OH)–C–C–N with tert-alkyl or cyclic N) is 1. The number of hydrogen-bond acceptors (Lipinski definition) is 2. The van der Waals surface area contributed by atoms with Gasteiger partial charge in [0.2, 0.25) is 0 Å². The van der Waals surface area contributed by atoms with Crippen LogP contribution in [0.1, 0.15) is 24.0 Å². The fourth-order valence-corrected chi connectivity index (χ4v) is 2.07. The van der Waals surface area contributed by atoms with Gasteiger partial charge in [0, 0.05) is 6.54 Å². The minimum atomic E-state index is -0.649. The highest BCUT2D eigenvalue weighted by Crippen LogP contribution is 2.28. The van der Waals surface area contributed by atoms with Gasteiger partial charge in [-0.1, -0.05) is 29.8 Å². The number of nitrogens with one attached hydrogen (secondary N) is 1. The average molecular weight is 228 g/mol. The lowest BCUT2D eigenvalue weighted by Crippen LogP contribution is -2.43. The van der Waals surface area contributed by atoms with E-state index in [-0.39, 0.29) is 12.4 Å². The van der Waals surface area contributed by atoms with Crippen LogP contribution < -0.4 is 5.32 Å². The summed E-state index contributed by atoms with van der Waals surface area (Å²) in [5.41, 5.74) is 1.61. The van der Waals surface area contributed by atoms with Crippen LogP contribution in [0, 0.1) is 6.92 Å². The zero-order valence-corrected chi connectivity index (χ0v) is 9.81. The van der Waals surface area contributed by atoms with Crippen molar-refractivity contribution in [2.75, 3.05) is 13.1 Å². The van der Waals surface area contributed by atoms with Crippen molar-refractivity contribution in [3.63, 3.8) is 0 Å². The van der Waals surface area contributed by atoms with Crippen LogP contribution in [-0.2, 0) is 5.60 Å². The monoisotopic (exact) mass is 227 g/mol. The van der Waals surface area contributed by atoms with Gasteiger partial charge in [-0.2, -0.15) is 0 Å². The Bertz CT molecular complexity index is 321. The molecule has 0 aliphatic carbocycles. The topological polar surface area (TPSA) is 32.3 Å². The van der Waals surface area contributed by atoms with Gasteiger partial charge < -0.3 is 10.4 Å². The quantitative estimate of drug-likeness (QED) is 0.769. The summed E-state index contributed by atoms with van der Waals surface area (Å²) in [4.78, 5) is 0. The summed E-state index contributed by atoms with van der Waals surface area (Å²) in [6.45, 7) is 3.76. The number of aliphatic hydroxyl groups is 1. The molecule has 0 saturated carbocycles. The highest BCUT2D eigenvalue weighted by Gasteiger charge is 2.30. The Morgan fingerprint density at radius 2 is 2.20 bits per heavy atom. The van der Waals surface area contributed by atoms with Gasteiger partial charge in [-0.3, -0.25) is 0 Å². The van der Waals surface area contributed by atoms with E-state index in [0.717, 1.165) is 24.9 Å². The zero-order chi connectivity index (χ0) is 10.0. The molecule has 1 aliphatic heterocycles. The van der Waals surface area contributed by atoms with E-state index in [1.54, 1.807) is 0 Å². The maximum Gasteiger partial charge on any atom is 0.102 e. The first kappa shape index (κ1) is 12.5. The largest absolute Gasteiger partial charge is 0.384 e. The highest BCUT2D eigenvalue weighted by atomic mass is 35.5. The third-order valence-electron chi connectivity index (χ3n) is 2.92. The first-order valence-electron chi connectivity index (χ1n) is 5.21. The van der Waals surface area contributed by atoms with Gasteiger partial charge >= 0.3 is 0 Å². The van der Waals surface area contributed by atoms with Crippen LogP contribution in [0.2, 0.25) is 0 Å². The minimum absolute atomic E-state index is 0. The second-order valence-corrected chi connectivity index (χ2v) is 4.18. The highest BCUT2D eigenvalue weighted by molar-refractivity contribution is 5.85. The van der Waals surface area contributed by atoms with Gasteiger partial charge in [0.15, 0.2) is 0 Å². The van der Waals surface area contributed by atoms with Crippen molar-refractivity contribution in [2.45, 2.75) is 25.4 Å². The van der Waals surface area contributed by atoms with Crippen molar-refractivity contribution in [2.24, 2.45) is 0 Å². The number of piperidine rings is 1. The maximum atomic E-state index is 10.4. The molecule has 0 aromatic heterocycles. The standard InChI is InChI=1S/C12H17NO.ClH/c1-10-4-2-5-11(8-10)12(14)6-3-7-13-9-12;/h2,4-5,8,13-14H,3,6-7,9H2,1H3;1H. The molecular weight excluding hydrogens is 210 g/mol. The van der Waals surface area contributed by atoms with E-state index in [9.17, 15) is 5.11 Å². The molecule has 3 heteroatoms. The van der Waals surface area contributed by atoms with Crippen molar-refractivity contribution < 1.29 is 5.11 Å². The predicted octanol–water partition coefficient (Wildman–Crippen LogP) is 1.99. The first-order chi connectivity index (χ1) is 6.71. The van der Waals surface area contributed by atoms with E-state index in [0.29, 0.717) is 6.54 Å². The van der Waals surface area contributed by atoms with Crippen LogP contribution in [0.5, 0.6) is 0 Å². The molecule has 1 aromatic carbocycles. The molecule has 0 spiro atoms. The van der Waals surface area contributed by atoms with E-state index in [4.69, 9.17) is 0 Å². The molecule has 2 rings (SSSR count). The molecule has 84 valence electrons. The third kappa shape index (κ3) is 2.71. The van der Waals surface area contributed by atoms with Gasteiger partial charge in [-0.05, 0) is 31.9 Å². The predicted molar refractivity (Wildman–Crippen MR) is 64.4 cm³/mol. The molecule has 2 N–H and O–H groups in total. The van der Waals surface area contributed by atoms with Gasteiger partial charge in [0.25, 0.3) is 0 Å². The number of hydrogen-bond donors (Lipinski definition) is 2. The molecule has 0 bridgehead atoms. The molecule has 1 saturated heterocycles. The molecule has 1 atom stereocenters. The summed E-state index contributed by atoms with van der Waals surface area (Å²) >= 11 is 0. The van der Waals surface area contributed by atoms with Crippen molar-refractivity contribution in [3.8, 4) is 0 Å².